The summed E-state index contributed by atoms with van der Waals surface area (Å²) in [5, 5.41) is 30.7. The summed E-state index contributed by atoms with van der Waals surface area (Å²) in [6.07, 6.45) is -0.360. The molecule has 0 aliphatic carbocycles. The lowest BCUT2D eigenvalue weighted by atomic mass is 9.94. The van der Waals surface area contributed by atoms with Gasteiger partial charge in [-0.2, -0.15) is 0 Å². The molecule has 0 fully saturated rings. The Balaban J connectivity index is 2.47. The molecular formula is C19H24O4. The molecule has 124 valence electrons. The monoisotopic (exact) mass is 316 g/mol. The molecule has 1 atom stereocenters. The Morgan fingerprint density at radius 3 is 2.00 bits per heavy atom. The summed E-state index contributed by atoms with van der Waals surface area (Å²) in [5.74, 6) is 0.275. The Labute approximate surface area is 137 Å². The average Bonchev–Trinajstić information content (AvgIpc) is 2.47. The van der Waals surface area contributed by atoms with Gasteiger partial charge in [-0.3, -0.25) is 0 Å². The molecule has 0 amide bonds. The van der Waals surface area contributed by atoms with Gasteiger partial charge in [0.15, 0.2) is 0 Å². The fourth-order valence-electron chi connectivity index (χ4n) is 2.88. The van der Waals surface area contributed by atoms with Crippen molar-refractivity contribution in [3.05, 3.63) is 57.6 Å². The van der Waals surface area contributed by atoms with Crippen LogP contribution in [0.2, 0.25) is 0 Å². The summed E-state index contributed by atoms with van der Waals surface area (Å²) < 4.78 is 5.12. The first-order valence-corrected chi connectivity index (χ1v) is 7.64. The molecule has 0 aliphatic heterocycles. The van der Waals surface area contributed by atoms with Gasteiger partial charge < -0.3 is 20.1 Å². The van der Waals surface area contributed by atoms with E-state index in [2.05, 4.69) is 0 Å². The molecule has 0 bridgehead atoms. The number of benzene rings is 2. The minimum Gasteiger partial charge on any atom is -0.507 e. The first-order chi connectivity index (χ1) is 10.8. The lowest BCUT2D eigenvalue weighted by Gasteiger charge is -2.16. The van der Waals surface area contributed by atoms with E-state index in [-0.39, 0.29) is 11.5 Å². The summed E-state index contributed by atoms with van der Waals surface area (Å²) in [6.45, 7) is 5.83. The highest BCUT2D eigenvalue weighted by Crippen LogP contribution is 2.34. The maximum Gasteiger partial charge on any atom is 0.124 e. The maximum absolute atomic E-state index is 10.4. The van der Waals surface area contributed by atoms with Crippen molar-refractivity contribution in [1.82, 2.24) is 0 Å². The Kier molecular flexibility index (Phi) is 5.29. The number of aliphatic hydroxyl groups is 1. The zero-order valence-corrected chi connectivity index (χ0v) is 14.1. The van der Waals surface area contributed by atoms with E-state index in [9.17, 15) is 15.3 Å². The van der Waals surface area contributed by atoms with Crippen LogP contribution in [-0.4, -0.2) is 22.4 Å². The highest BCUT2D eigenvalue weighted by atomic mass is 16.5. The van der Waals surface area contributed by atoms with Crippen molar-refractivity contribution in [1.29, 1.82) is 0 Å². The van der Waals surface area contributed by atoms with Gasteiger partial charge in [-0.1, -0.05) is 29.3 Å². The van der Waals surface area contributed by atoms with E-state index in [4.69, 9.17) is 4.74 Å². The van der Waals surface area contributed by atoms with E-state index in [0.29, 0.717) is 24.2 Å². The Morgan fingerprint density at radius 1 is 0.913 bits per heavy atom. The first kappa shape index (κ1) is 17.3. The number of phenols is 2. The molecule has 1 unspecified atom stereocenters. The molecule has 23 heavy (non-hydrogen) atoms. The number of rotatable bonds is 5. The molecule has 4 nitrogen and oxygen atoms in total. The zero-order valence-electron chi connectivity index (χ0n) is 14.1. The van der Waals surface area contributed by atoms with E-state index in [0.717, 1.165) is 22.3 Å². The normalized spacial score (nSPS) is 12.4. The van der Waals surface area contributed by atoms with Crippen LogP contribution in [0.25, 0.3) is 0 Å². The number of aromatic hydroxyl groups is 2. The number of phenolic OH excluding ortho intramolecular Hbond substituents is 2. The first-order valence-electron chi connectivity index (χ1n) is 7.64. The number of methoxy groups -OCH3 is 1. The topological polar surface area (TPSA) is 69.9 Å². The predicted octanol–water partition coefficient (Wildman–Crippen LogP) is 3.51. The number of hydrogen-bond acceptors (Lipinski definition) is 4. The van der Waals surface area contributed by atoms with Gasteiger partial charge in [0.2, 0.25) is 0 Å². The minimum absolute atomic E-state index is 0.0831. The molecule has 2 rings (SSSR count). The van der Waals surface area contributed by atoms with Crippen LogP contribution in [0.4, 0.5) is 0 Å². The van der Waals surface area contributed by atoms with Crippen molar-refractivity contribution in [3.63, 3.8) is 0 Å². The van der Waals surface area contributed by atoms with Gasteiger partial charge in [0.05, 0.1) is 12.7 Å². The Morgan fingerprint density at radius 2 is 1.43 bits per heavy atom. The number of aryl methyl sites for hydroxylation is 2. The molecule has 0 aromatic heterocycles. The van der Waals surface area contributed by atoms with Crippen molar-refractivity contribution < 1.29 is 20.1 Å². The summed E-state index contributed by atoms with van der Waals surface area (Å²) in [4.78, 5) is 0. The fraction of sp³-hybridized carbons (Fsp3) is 0.368. The second kappa shape index (κ2) is 7.02. The van der Waals surface area contributed by atoms with Crippen molar-refractivity contribution in [2.24, 2.45) is 0 Å². The van der Waals surface area contributed by atoms with Crippen LogP contribution < -0.4 is 0 Å². The van der Waals surface area contributed by atoms with Crippen LogP contribution in [0.1, 0.15) is 46.4 Å². The lowest BCUT2D eigenvalue weighted by molar-refractivity contribution is 0.182. The van der Waals surface area contributed by atoms with Gasteiger partial charge in [-0.15, -0.1) is 0 Å². The molecule has 0 spiro atoms. The maximum atomic E-state index is 10.4. The van der Waals surface area contributed by atoms with Crippen molar-refractivity contribution in [3.8, 4) is 11.5 Å². The number of hydrogen-bond donors (Lipinski definition) is 3. The third-order valence-corrected chi connectivity index (χ3v) is 3.91. The van der Waals surface area contributed by atoms with Crippen molar-refractivity contribution >= 4 is 0 Å². The third-order valence-electron chi connectivity index (χ3n) is 3.91. The van der Waals surface area contributed by atoms with Gasteiger partial charge in [0.1, 0.15) is 11.5 Å². The van der Waals surface area contributed by atoms with Crippen LogP contribution in [0.3, 0.4) is 0 Å². The molecule has 0 saturated heterocycles. The highest BCUT2D eigenvalue weighted by Gasteiger charge is 2.16. The molecule has 0 saturated carbocycles. The SMILES string of the molecule is COCc1cc(C)cc(Cc2cc(C)cc(C(C)O)c2O)c1O. The van der Waals surface area contributed by atoms with Gasteiger partial charge in [0.25, 0.3) is 0 Å². The van der Waals surface area contributed by atoms with E-state index in [1.807, 2.05) is 32.0 Å². The van der Waals surface area contributed by atoms with Gasteiger partial charge >= 0.3 is 0 Å². The summed E-state index contributed by atoms with van der Waals surface area (Å²) >= 11 is 0. The smallest absolute Gasteiger partial charge is 0.124 e. The molecule has 2 aromatic carbocycles. The molecule has 4 heteroatoms. The van der Waals surface area contributed by atoms with Crippen LogP contribution in [-0.2, 0) is 17.8 Å². The second-order valence-corrected chi connectivity index (χ2v) is 6.08. The predicted molar refractivity (Wildman–Crippen MR) is 89.8 cm³/mol. The quantitative estimate of drug-likeness (QED) is 0.789. The molecule has 3 N–H and O–H groups in total. The van der Waals surface area contributed by atoms with Crippen LogP contribution in [0, 0.1) is 13.8 Å². The fourth-order valence-corrected chi connectivity index (χ4v) is 2.88. The third kappa shape index (κ3) is 3.84. The summed E-state index contributed by atoms with van der Waals surface area (Å²) in [7, 11) is 1.59. The van der Waals surface area contributed by atoms with Crippen molar-refractivity contribution in [2.75, 3.05) is 7.11 Å². The van der Waals surface area contributed by atoms with Crippen molar-refractivity contribution in [2.45, 2.75) is 39.9 Å². The zero-order chi connectivity index (χ0) is 17.1. The second-order valence-electron chi connectivity index (χ2n) is 6.08. The average molecular weight is 316 g/mol. The summed E-state index contributed by atoms with van der Waals surface area (Å²) in [5.41, 5.74) is 4.63. The molecular weight excluding hydrogens is 292 g/mol. The molecule has 2 aromatic rings. The molecule has 0 aliphatic rings. The Bertz CT molecular complexity index is 705. The largest absolute Gasteiger partial charge is 0.507 e. The van der Waals surface area contributed by atoms with E-state index < -0.39 is 6.10 Å². The van der Waals surface area contributed by atoms with Crippen LogP contribution in [0.15, 0.2) is 24.3 Å². The Hall–Kier alpha value is -2.04. The lowest BCUT2D eigenvalue weighted by Crippen LogP contribution is -2.00. The van der Waals surface area contributed by atoms with E-state index in [1.165, 1.54) is 0 Å². The standard InChI is InChI=1S/C19H24O4/c1-11-5-14(18(21)16(7-11)10-23-4)9-15-6-12(2)8-17(13(3)20)19(15)22/h5-8,13,20-22H,9-10H2,1-4H3. The minimum atomic E-state index is -0.746. The van der Waals surface area contributed by atoms with Crippen LogP contribution in [0.5, 0.6) is 11.5 Å². The molecule has 0 heterocycles. The van der Waals surface area contributed by atoms with Crippen LogP contribution >= 0.6 is 0 Å². The molecule has 0 radical (unpaired) electrons. The highest BCUT2D eigenvalue weighted by molar-refractivity contribution is 5.50. The number of ether oxygens (including phenoxy) is 1. The van der Waals surface area contributed by atoms with E-state index in [1.54, 1.807) is 20.1 Å². The van der Waals surface area contributed by atoms with Gasteiger partial charge in [-0.25, -0.2) is 0 Å². The number of aliphatic hydroxyl groups excluding tert-OH is 1. The van der Waals surface area contributed by atoms with Gasteiger partial charge in [-0.05, 0) is 38.0 Å². The van der Waals surface area contributed by atoms with Gasteiger partial charge in [0, 0.05) is 24.7 Å². The summed E-state index contributed by atoms with van der Waals surface area (Å²) in [6, 6.07) is 7.44. The van der Waals surface area contributed by atoms with E-state index >= 15 is 0 Å².